The Kier molecular flexibility index (Phi) is 25.7. The van der Waals surface area contributed by atoms with Gasteiger partial charge in [0, 0.05) is 51.2 Å². The van der Waals surface area contributed by atoms with Gasteiger partial charge in [0.25, 0.3) is 0 Å². The molecule has 1 N–H and O–H groups in total. The van der Waals surface area contributed by atoms with Crippen molar-refractivity contribution in [2.75, 3.05) is 14.1 Å². The Morgan fingerprint density at radius 2 is 1.15 bits per heavy atom. The van der Waals surface area contributed by atoms with Crippen molar-refractivity contribution in [3.05, 3.63) is 181 Å². The Morgan fingerprint density at radius 1 is 0.638 bits per heavy atom. The Labute approximate surface area is 317 Å². The number of hydrogen-bond acceptors (Lipinski definition) is 1. The maximum Gasteiger partial charge on any atom is 0 e. The first-order valence-electron chi connectivity index (χ1n) is 15.4. The van der Waals surface area contributed by atoms with E-state index >= 15 is 0 Å². The predicted octanol–water partition coefficient (Wildman–Crippen LogP) is 9.98. The molecule has 0 amide bonds. The summed E-state index contributed by atoms with van der Waals surface area (Å²) in [5, 5.41) is 5.60. The minimum Gasteiger partial charge on any atom is -0.747 e. The molecule has 0 aliphatic rings. The van der Waals surface area contributed by atoms with E-state index in [9.17, 15) is 0 Å². The van der Waals surface area contributed by atoms with E-state index in [0.717, 1.165) is 12.8 Å². The molecule has 47 heavy (non-hydrogen) atoms. The first-order valence-corrected chi connectivity index (χ1v) is 16.4. The van der Waals surface area contributed by atoms with E-state index in [-0.39, 0.29) is 51.2 Å². The molecule has 1 nitrogen and oxygen atoms in total. The number of benzene rings is 1. The van der Waals surface area contributed by atoms with E-state index < -0.39 is 0 Å². The summed E-state index contributed by atoms with van der Waals surface area (Å²) >= 11 is 0. The van der Waals surface area contributed by atoms with Crippen LogP contribution in [0.2, 0.25) is 0 Å². The maximum absolute atomic E-state index is 2.75. The van der Waals surface area contributed by atoms with Gasteiger partial charge in [0.15, 0.2) is 0 Å². The Bertz CT molecular complexity index is 1470. The molecule has 0 radical (unpaired) electrons. The summed E-state index contributed by atoms with van der Waals surface area (Å²) < 4.78 is 0. The molecule has 0 saturated heterocycles. The molecule has 0 bridgehead atoms. The van der Waals surface area contributed by atoms with Crippen molar-refractivity contribution in [2.24, 2.45) is 0 Å². The van der Waals surface area contributed by atoms with Gasteiger partial charge in [0.2, 0.25) is 0 Å². The molecule has 0 fully saturated rings. The fourth-order valence-electron chi connectivity index (χ4n) is 4.78. The summed E-state index contributed by atoms with van der Waals surface area (Å²) in [5.41, 5.74) is 8.47. The first-order chi connectivity index (χ1) is 21.7. The summed E-state index contributed by atoms with van der Waals surface area (Å²) in [6.45, 7) is 4.49. The topological polar surface area (TPSA) is 12.0 Å². The van der Waals surface area contributed by atoms with Crippen molar-refractivity contribution in [3.63, 3.8) is 0 Å². The van der Waals surface area contributed by atoms with Gasteiger partial charge >= 0.3 is 0 Å². The smallest absolute Gasteiger partial charge is 0 e. The minimum absolute atomic E-state index is 0. The molecule has 5 heteroatoms. The van der Waals surface area contributed by atoms with Gasteiger partial charge in [0.05, 0.1) is 0 Å². The van der Waals surface area contributed by atoms with E-state index in [2.05, 4.69) is 98.0 Å². The summed E-state index contributed by atoms with van der Waals surface area (Å²) in [4.78, 5) is 0. The zero-order valence-corrected chi connectivity index (χ0v) is 32.0. The normalized spacial score (nSPS) is 9.36. The maximum atomic E-state index is 2.75. The predicted molar refractivity (Wildman–Crippen MR) is 198 cm³/mol. The van der Waals surface area contributed by atoms with Gasteiger partial charge in [-0.05, 0) is 20.5 Å². The third-order valence-electron chi connectivity index (χ3n) is 6.81. The van der Waals surface area contributed by atoms with Crippen LogP contribution in [0.1, 0.15) is 25.0 Å². The second kappa shape index (κ2) is 27.2. The molecular weight excluding hydrogens is 717 g/mol. The quantitative estimate of drug-likeness (QED) is 0.101. The molecule has 0 aromatic heterocycles. The minimum atomic E-state index is 0. The molecular formula is C42H46Fe3NP-10. The third-order valence-corrected chi connectivity index (χ3v) is 8.11. The molecule has 0 aliphatic heterocycles. The SMILES string of the molecule is CCc1ccc[c-]1-c1c(P[c-]2[cH-][cH-][cH-][cH-]2)cccc1-c1ccc[c-]1CC.CNC.[Fe].[Fe].[Fe].c1cc[cH-]c1.c1cc[cH-]c1.c1cc[cH-]c1. The fraction of sp³-hybridized carbons (Fsp3) is 0.143. The van der Waals surface area contributed by atoms with Crippen LogP contribution in [-0.4, -0.2) is 14.1 Å². The fourth-order valence-corrected chi connectivity index (χ4v) is 6.03. The van der Waals surface area contributed by atoms with Crippen molar-refractivity contribution in [2.45, 2.75) is 26.7 Å². The van der Waals surface area contributed by atoms with E-state index in [1.807, 2.05) is 105 Å². The van der Waals surface area contributed by atoms with Gasteiger partial charge in [-0.2, -0.15) is 78.9 Å². The largest absolute Gasteiger partial charge is 0.747 e. The van der Waals surface area contributed by atoms with Crippen LogP contribution in [0.4, 0.5) is 0 Å². The molecule has 7 aromatic rings. The van der Waals surface area contributed by atoms with Gasteiger partial charge in [-0.25, -0.2) is 36.4 Å². The third kappa shape index (κ3) is 15.4. The van der Waals surface area contributed by atoms with Crippen LogP contribution in [0.15, 0.2) is 170 Å². The number of aryl methyl sites for hydroxylation is 2. The van der Waals surface area contributed by atoms with Crippen molar-refractivity contribution in [1.29, 1.82) is 0 Å². The number of nitrogens with one attached hydrogen (secondary N) is 1. The van der Waals surface area contributed by atoms with Gasteiger partial charge in [-0.3, -0.25) is 0 Å². The second-order valence-corrected chi connectivity index (χ2v) is 11.4. The van der Waals surface area contributed by atoms with E-state index in [1.54, 1.807) is 0 Å². The van der Waals surface area contributed by atoms with Gasteiger partial charge in [0.1, 0.15) is 0 Å². The van der Waals surface area contributed by atoms with Crippen molar-refractivity contribution in [1.82, 2.24) is 5.32 Å². The van der Waals surface area contributed by atoms with Crippen molar-refractivity contribution in [3.8, 4) is 22.3 Å². The summed E-state index contributed by atoms with van der Waals surface area (Å²) in [7, 11) is 4.43. The average molecular weight is 763 g/mol. The van der Waals surface area contributed by atoms with Gasteiger partial charge in [-0.1, -0.05) is 44.0 Å². The van der Waals surface area contributed by atoms with E-state index in [0.29, 0.717) is 8.58 Å². The summed E-state index contributed by atoms with van der Waals surface area (Å²) in [5.74, 6) is 0. The number of hydrogen-bond donors (Lipinski definition) is 1. The average Bonchev–Trinajstić information content (AvgIpc) is 3.92. The van der Waals surface area contributed by atoms with Crippen LogP contribution >= 0.6 is 8.58 Å². The molecule has 7 aromatic carbocycles. The molecule has 0 saturated carbocycles. The standard InChI is InChI=1S/C25H24P.3C5H5.C2H7N.3Fe/c1-3-18-10-7-14-21(18)23-16-9-17-24(26-20-12-5-6-13-20)25(23)22-15-8-11-19(22)4-2;3*1-2-4-5-3-1;1-3-2;;;/h5-17,26H,3-4H2,1-2H3;3*1-5H;3H,1-2H3;;;/q-7;3*-1;;;;. The summed E-state index contributed by atoms with van der Waals surface area (Å²) in [6.07, 6.45) is 2.13. The Hall–Kier alpha value is -2.73. The molecule has 0 spiro atoms. The number of rotatable bonds is 6. The van der Waals surface area contributed by atoms with Crippen LogP contribution in [0.3, 0.4) is 0 Å². The van der Waals surface area contributed by atoms with Crippen LogP contribution < -0.4 is 15.9 Å². The summed E-state index contributed by atoms with van der Waals surface area (Å²) in [6, 6.07) is 59.1. The zero-order valence-electron chi connectivity index (χ0n) is 27.6. The molecule has 1 unspecified atom stereocenters. The monoisotopic (exact) mass is 763 g/mol. The first kappa shape index (κ1) is 44.3. The molecule has 1 atom stereocenters. The van der Waals surface area contributed by atoms with E-state index in [4.69, 9.17) is 0 Å². The molecule has 7 rings (SSSR count). The molecule has 0 heterocycles. The van der Waals surface area contributed by atoms with Crippen molar-refractivity contribution < 1.29 is 51.2 Å². The van der Waals surface area contributed by atoms with Crippen LogP contribution in [0.25, 0.3) is 22.3 Å². The van der Waals surface area contributed by atoms with Crippen LogP contribution in [0.5, 0.6) is 0 Å². The van der Waals surface area contributed by atoms with Crippen molar-refractivity contribution >= 4 is 19.2 Å². The zero-order chi connectivity index (χ0) is 31.2. The molecule has 0 aliphatic carbocycles. The van der Waals surface area contributed by atoms with E-state index in [1.165, 1.54) is 44.0 Å². The second-order valence-electron chi connectivity index (χ2n) is 10.0. The van der Waals surface area contributed by atoms with Gasteiger partial charge < -0.3 is 43.5 Å². The Balaban J connectivity index is 0.000000820. The van der Waals surface area contributed by atoms with Crippen LogP contribution in [0, 0.1) is 0 Å². The van der Waals surface area contributed by atoms with Crippen LogP contribution in [-0.2, 0) is 64.0 Å². The van der Waals surface area contributed by atoms with Gasteiger partial charge in [-0.15, -0.1) is 45.3 Å². The Morgan fingerprint density at radius 3 is 1.60 bits per heavy atom. The molecule has 258 valence electrons.